The van der Waals surface area contributed by atoms with Crippen LogP contribution in [0.2, 0.25) is 0 Å². The van der Waals surface area contributed by atoms with Gasteiger partial charge in [0.2, 0.25) is 0 Å². The molecule has 0 spiro atoms. The van der Waals surface area contributed by atoms with Crippen molar-refractivity contribution < 1.29 is 0 Å². The highest BCUT2D eigenvalue weighted by Crippen LogP contribution is 2.19. The number of fused-ring (bicyclic) bond motifs is 1. The highest BCUT2D eigenvalue weighted by atomic mass is 14.9. The molecule has 0 bridgehead atoms. The summed E-state index contributed by atoms with van der Waals surface area (Å²) in [7, 11) is 0. The van der Waals surface area contributed by atoms with Gasteiger partial charge in [0, 0.05) is 30.1 Å². The van der Waals surface area contributed by atoms with Crippen LogP contribution < -0.4 is 0 Å². The fourth-order valence-electron chi connectivity index (χ4n) is 2.06. The number of unbranched alkanes of at least 4 members (excludes halogenated alkanes) is 2. The molecule has 0 unspecified atom stereocenters. The van der Waals surface area contributed by atoms with Crippen LogP contribution in [0.3, 0.4) is 0 Å². The van der Waals surface area contributed by atoms with Crippen LogP contribution in [-0.2, 0) is 6.54 Å². The minimum atomic E-state index is 0.665. The molecule has 1 aromatic carbocycles. The Hall–Kier alpha value is -1.75. The van der Waals surface area contributed by atoms with Gasteiger partial charge in [0.25, 0.3) is 0 Å². The summed E-state index contributed by atoms with van der Waals surface area (Å²) in [6.07, 6.45) is 4.87. The van der Waals surface area contributed by atoms with Crippen molar-refractivity contribution in [2.45, 2.75) is 32.7 Å². The molecule has 2 aromatic rings. The Kier molecular flexibility index (Phi) is 3.26. The molecule has 82 valence electrons. The monoisotopic (exact) mass is 212 g/mol. The first-order chi connectivity index (χ1) is 7.83. The van der Waals surface area contributed by atoms with E-state index in [-0.39, 0.29) is 0 Å². The molecule has 0 fully saturated rings. The van der Waals surface area contributed by atoms with Gasteiger partial charge >= 0.3 is 0 Å². The molecule has 2 heteroatoms. The highest BCUT2D eigenvalue weighted by Gasteiger charge is 2.01. The fourth-order valence-corrected chi connectivity index (χ4v) is 2.06. The van der Waals surface area contributed by atoms with Crippen molar-refractivity contribution in [3.8, 4) is 6.07 Å². The summed E-state index contributed by atoms with van der Waals surface area (Å²) >= 11 is 0. The van der Waals surface area contributed by atoms with E-state index in [2.05, 4.69) is 48.0 Å². The van der Waals surface area contributed by atoms with Gasteiger partial charge in [-0.2, -0.15) is 5.26 Å². The summed E-state index contributed by atoms with van der Waals surface area (Å²) in [6.45, 7) is 3.15. The molecule has 1 heterocycles. The number of aryl methyl sites for hydroxylation is 2. The van der Waals surface area contributed by atoms with Gasteiger partial charge in [-0.05, 0) is 37.5 Å². The van der Waals surface area contributed by atoms with Crippen molar-refractivity contribution in [2.24, 2.45) is 0 Å². The van der Waals surface area contributed by atoms with Crippen LogP contribution in [0.5, 0.6) is 0 Å². The second kappa shape index (κ2) is 4.85. The van der Waals surface area contributed by atoms with Gasteiger partial charge in [-0.25, -0.2) is 0 Å². The second-order valence-electron chi connectivity index (χ2n) is 4.13. The lowest BCUT2D eigenvalue weighted by Crippen LogP contribution is -1.95. The molecule has 16 heavy (non-hydrogen) atoms. The minimum Gasteiger partial charge on any atom is -0.347 e. The Morgan fingerprint density at radius 1 is 1.25 bits per heavy atom. The number of hydrogen-bond donors (Lipinski definition) is 0. The first kappa shape index (κ1) is 10.8. The van der Waals surface area contributed by atoms with E-state index in [1.807, 2.05) is 0 Å². The third kappa shape index (κ3) is 2.09. The van der Waals surface area contributed by atoms with Gasteiger partial charge in [0.15, 0.2) is 0 Å². The SMILES string of the molecule is Cc1cccc2c1ccn2CCCCC#N. The Balaban J connectivity index is 2.14. The third-order valence-corrected chi connectivity index (χ3v) is 2.97. The average Bonchev–Trinajstić information content (AvgIpc) is 2.70. The molecular weight excluding hydrogens is 196 g/mol. The molecule has 0 saturated heterocycles. The molecule has 1 aromatic heterocycles. The molecule has 0 amide bonds. The lowest BCUT2D eigenvalue weighted by Gasteiger charge is -2.04. The fraction of sp³-hybridized carbons (Fsp3) is 0.357. The topological polar surface area (TPSA) is 28.7 Å². The average molecular weight is 212 g/mol. The molecule has 0 atom stereocenters. The van der Waals surface area contributed by atoms with Gasteiger partial charge < -0.3 is 4.57 Å². The number of aromatic nitrogens is 1. The van der Waals surface area contributed by atoms with E-state index in [4.69, 9.17) is 5.26 Å². The zero-order valence-electron chi connectivity index (χ0n) is 9.61. The quantitative estimate of drug-likeness (QED) is 0.711. The van der Waals surface area contributed by atoms with Crippen LogP contribution in [0.15, 0.2) is 30.5 Å². The smallest absolute Gasteiger partial charge is 0.0621 e. The van der Waals surface area contributed by atoms with Crippen molar-refractivity contribution in [1.82, 2.24) is 4.57 Å². The highest BCUT2D eigenvalue weighted by molar-refractivity contribution is 5.83. The molecule has 0 N–H and O–H groups in total. The molecule has 0 aliphatic carbocycles. The van der Waals surface area contributed by atoms with Crippen LogP contribution in [0, 0.1) is 18.3 Å². The van der Waals surface area contributed by atoms with Crippen LogP contribution in [-0.4, -0.2) is 4.57 Å². The molecule has 0 aliphatic rings. The zero-order valence-corrected chi connectivity index (χ0v) is 9.61. The molecule has 0 saturated carbocycles. The molecular formula is C14H16N2. The van der Waals surface area contributed by atoms with Gasteiger partial charge in [0.05, 0.1) is 6.07 Å². The summed E-state index contributed by atoms with van der Waals surface area (Å²) in [5, 5.41) is 9.81. The van der Waals surface area contributed by atoms with Crippen LogP contribution in [0.25, 0.3) is 10.9 Å². The van der Waals surface area contributed by atoms with Gasteiger partial charge in [-0.1, -0.05) is 12.1 Å². The van der Waals surface area contributed by atoms with Crippen molar-refractivity contribution >= 4 is 10.9 Å². The molecule has 2 nitrogen and oxygen atoms in total. The maximum Gasteiger partial charge on any atom is 0.0621 e. The first-order valence-electron chi connectivity index (χ1n) is 5.74. The maximum absolute atomic E-state index is 8.47. The number of nitriles is 1. The maximum atomic E-state index is 8.47. The summed E-state index contributed by atoms with van der Waals surface area (Å²) in [5.41, 5.74) is 2.63. The standard InChI is InChI=1S/C14H16N2/c1-12-6-5-7-14-13(12)8-11-16(14)10-4-2-3-9-15/h5-8,11H,2-4,10H2,1H3. The third-order valence-electron chi connectivity index (χ3n) is 2.97. The van der Waals surface area contributed by atoms with E-state index in [0.29, 0.717) is 6.42 Å². The first-order valence-corrected chi connectivity index (χ1v) is 5.74. The number of rotatable bonds is 4. The van der Waals surface area contributed by atoms with Crippen molar-refractivity contribution in [1.29, 1.82) is 5.26 Å². The predicted octanol–water partition coefficient (Wildman–Crippen LogP) is 3.64. The Bertz CT molecular complexity index is 517. The van der Waals surface area contributed by atoms with E-state index in [9.17, 15) is 0 Å². The van der Waals surface area contributed by atoms with E-state index < -0.39 is 0 Å². The van der Waals surface area contributed by atoms with Crippen molar-refractivity contribution in [2.75, 3.05) is 0 Å². The Morgan fingerprint density at radius 2 is 2.12 bits per heavy atom. The molecule has 0 radical (unpaired) electrons. The van der Waals surface area contributed by atoms with Gasteiger partial charge in [-0.3, -0.25) is 0 Å². The number of hydrogen-bond acceptors (Lipinski definition) is 1. The van der Waals surface area contributed by atoms with Gasteiger partial charge in [-0.15, -0.1) is 0 Å². The lowest BCUT2D eigenvalue weighted by atomic mass is 10.1. The Labute approximate surface area is 96.1 Å². The summed E-state index contributed by atoms with van der Waals surface area (Å²) < 4.78 is 2.28. The lowest BCUT2D eigenvalue weighted by molar-refractivity contribution is 0.632. The van der Waals surface area contributed by atoms with Crippen LogP contribution in [0.1, 0.15) is 24.8 Å². The molecule has 0 aliphatic heterocycles. The van der Waals surface area contributed by atoms with E-state index in [1.54, 1.807) is 0 Å². The van der Waals surface area contributed by atoms with Crippen LogP contribution in [0.4, 0.5) is 0 Å². The van der Waals surface area contributed by atoms with Crippen LogP contribution >= 0.6 is 0 Å². The number of nitrogens with zero attached hydrogens (tertiary/aromatic N) is 2. The number of benzene rings is 1. The summed E-state index contributed by atoms with van der Waals surface area (Å²) in [4.78, 5) is 0. The normalized spacial score (nSPS) is 10.5. The zero-order chi connectivity index (χ0) is 11.4. The summed E-state index contributed by atoms with van der Waals surface area (Å²) in [5.74, 6) is 0. The van der Waals surface area contributed by atoms with Gasteiger partial charge in [0.1, 0.15) is 0 Å². The van der Waals surface area contributed by atoms with E-state index >= 15 is 0 Å². The van der Waals surface area contributed by atoms with E-state index in [0.717, 1.165) is 19.4 Å². The van der Waals surface area contributed by atoms with E-state index in [1.165, 1.54) is 16.5 Å². The van der Waals surface area contributed by atoms with Crippen molar-refractivity contribution in [3.05, 3.63) is 36.0 Å². The molecule has 2 rings (SSSR count). The largest absolute Gasteiger partial charge is 0.347 e. The van der Waals surface area contributed by atoms with Crippen molar-refractivity contribution in [3.63, 3.8) is 0 Å². The minimum absolute atomic E-state index is 0.665. The second-order valence-corrected chi connectivity index (χ2v) is 4.13. The summed E-state index contributed by atoms with van der Waals surface area (Å²) in [6, 6.07) is 10.8. The predicted molar refractivity (Wildman–Crippen MR) is 66.1 cm³/mol. The Morgan fingerprint density at radius 3 is 2.94 bits per heavy atom.